The Balaban J connectivity index is 1.58. The maximum Gasteiger partial charge on any atom is 0.426 e. The van der Waals surface area contributed by atoms with Crippen LogP contribution < -0.4 is 27.0 Å². The topological polar surface area (TPSA) is 166 Å². The van der Waals surface area contributed by atoms with Crippen LogP contribution in [0.5, 0.6) is 0 Å². The van der Waals surface area contributed by atoms with Crippen LogP contribution in [-0.4, -0.2) is 38.2 Å². The third-order valence-electron chi connectivity index (χ3n) is 5.46. The number of ether oxygens (including phenoxy) is 2. The number of carbonyl (C=O) groups is 3. The summed E-state index contributed by atoms with van der Waals surface area (Å²) in [6, 6.07) is 12.3. The SMILES string of the molecule is Cc1nc(NC(=O)OC(C)(C)C)ccc1CNC(=O)Cn1c(C)c(Cl)nc(NNC(=O)OCc2ccccc2)c1=O. The van der Waals surface area contributed by atoms with Crippen molar-refractivity contribution in [3.8, 4) is 0 Å². The highest BCUT2D eigenvalue weighted by Crippen LogP contribution is 2.14. The second-order valence-corrected chi connectivity index (χ2v) is 10.2. The number of nitrogens with one attached hydrogen (secondary N) is 4. The number of anilines is 2. The fraction of sp³-hybridized carbons (Fsp3) is 0.333. The van der Waals surface area contributed by atoms with E-state index in [0.717, 1.165) is 10.1 Å². The van der Waals surface area contributed by atoms with Gasteiger partial charge in [-0.15, -0.1) is 0 Å². The summed E-state index contributed by atoms with van der Waals surface area (Å²) in [6.45, 7) is 8.33. The lowest BCUT2D eigenvalue weighted by atomic mass is 10.2. The zero-order valence-electron chi connectivity index (χ0n) is 23.3. The Labute approximate surface area is 241 Å². The van der Waals surface area contributed by atoms with Crippen LogP contribution in [0.1, 0.15) is 43.3 Å². The lowest BCUT2D eigenvalue weighted by molar-refractivity contribution is -0.121. The zero-order valence-corrected chi connectivity index (χ0v) is 24.1. The molecule has 3 rings (SSSR count). The summed E-state index contributed by atoms with van der Waals surface area (Å²) in [5, 5.41) is 5.26. The van der Waals surface area contributed by atoms with E-state index in [1.165, 1.54) is 0 Å². The van der Waals surface area contributed by atoms with Crippen LogP contribution in [0.3, 0.4) is 0 Å². The highest BCUT2D eigenvalue weighted by Gasteiger charge is 2.18. The van der Waals surface area contributed by atoms with Gasteiger partial charge in [0, 0.05) is 12.2 Å². The first-order chi connectivity index (χ1) is 19.3. The lowest BCUT2D eigenvalue weighted by Gasteiger charge is -2.19. The standard InChI is InChI=1S/C27H32ClN7O6/c1-16-19(11-12-20(30-16)31-25(38)41-27(3,4)5)13-29-21(36)14-35-17(2)22(28)32-23(24(35)37)33-34-26(39)40-15-18-9-7-6-8-10-18/h6-12H,13-15H2,1-5H3,(H,29,36)(H,32,33)(H,34,39)(H,30,31,38). The molecule has 41 heavy (non-hydrogen) atoms. The van der Waals surface area contributed by atoms with Gasteiger partial charge < -0.3 is 14.8 Å². The molecule has 0 aliphatic carbocycles. The molecule has 0 spiro atoms. The molecule has 0 aliphatic heterocycles. The third-order valence-corrected chi connectivity index (χ3v) is 5.82. The summed E-state index contributed by atoms with van der Waals surface area (Å²) >= 11 is 6.18. The number of benzene rings is 1. The van der Waals surface area contributed by atoms with Crippen LogP contribution in [0, 0.1) is 13.8 Å². The number of hydrazine groups is 1. The number of amides is 3. The Bertz CT molecular complexity index is 1470. The number of nitrogens with zero attached hydrogens (tertiary/aromatic N) is 3. The van der Waals surface area contributed by atoms with Crippen molar-refractivity contribution < 1.29 is 23.9 Å². The van der Waals surface area contributed by atoms with Crippen molar-refractivity contribution in [2.75, 3.05) is 10.7 Å². The molecule has 14 heteroatoms. The molecule has 0 aliphatic rings. The molecule has 3 amide bonds. The van der Waals surface area contributed by atoms with Crippen molar-refractivity contribution in [1.82, 2.24) is 25.3 Å². The average Bonchev–Trinajstić information content (AvgIpc) is 2.90. The first-order valence-corrected chi connectivity index (χ1v) is 12.9. The maximum atomic E-state index is 13.0. The van der Waals surface area contributed by atoms with Crippen LogP contribution in [0.25, 0.3) is 0 Å². The molecule has 0 atom stereocenters. The predicted molar refractivity (Wildman–Crippen MR) is 152 cm³/mol. The van der Waals surface area contributed by atoms with E-state index in [2.05, 4.69) is 31.5 Å². The highest BCUT2D eigenvalue weighted by molar-refractivity contribution is 6.30. The number of carbonyl (C=O) groups excluding carboxylic acids is 3. The molecule has 2 heterocycles. The van der Waals surface area contributed by atoms with Gasteiger partial charge in [0.2, 0.25) is 11.7 Å². The molecular weight excluding hydrogens is 554 g/mol. The second kappa shape index (κ2) is 13.6. The Morgan fingerprint density at radius 1 is 1.00 bits per heavy atom. The number of pyridine rings is 1. The van der Waals surface area contributed by atoms with Gasteiger partial charge in [-0.3, -0.25) is 24.9 Å². The fourth-order valence-corrected chi connectivity index (χ4v) is 3.59. The van der Waals surface area contributed by atoms with E-state index < -0.39 is 29.3 Å². The van der Waals surface area contributed by atoms with Gasteiger partial charge in [-0.2, -0.15) is 0 Å². The minimum Gasteiger partial charge on any atom is -0.444 e. The van der Waals surface area contributed by atoms with E-state index in [0.29, 0.717) is 17.1 Å². The van der Waals surface area contributed by atoms with E-state index in [1.807, 2.05) is 18.2 Å². The minimum absolute atomic E-state index is 0.0266. The van der Waals surface area contributed by atoms with Crippen molar-refractivity contribution in [2.24, 2.45) is 0 Å². The van der Waals surface area contributed by atoms with Crippen LogP contribution in [0.2, 0.25) is 5.15 Å². The Morgan fingerprint density at radius 3 is 2.37 bits per heavy atom. The quantitative estimate of drug-likeness (QED) is 0.273. The number of hydrogen-bond acceptors (Lipinski definition) is 9. The molecule has 0 unspecified atom stereocenters. The van der Waals surface area contributed by atoms with Crippen LogP contribution in [-0.2, 0) is 34.0 Å². The summed E-state index contributed by atoms with van der Waals surface area (Å²) in [5.74, 6) is -0.467. The molecule has 218 valence electrons. The summed E-state index contributed by atoms with van der Waals surface area (Å²) in [5.41, 5.74) is 5.62. The van der Waals surface area contributed by atoms with E-state index in [4.69, 9.17) is 21.1 Å². The minimum atomic E-state index is -0.840. The molecule has 0 saturated carbocycles. The molecular formula is C27H32ClN7O6. The van der Waals surface area contributed by atoms with Gasteiger partial charge in [0.05, 0.1) is 5.69 Å². The van der Waals surface area contributed by atoms with Gasteiger partial charge in [0.25, 0.3) is 5.56 Å². The fourth-order valence-electron chi connectivity index (χ4n) is 3.41. The number of hydrogen-bond donors (Lipinski definition) is 4. The van der Waals surface area contributed by atoms with Gasteiger partial charge in [0.15, 0.2) is 5.15 Å². The summed E-state index contributed by atoms with van der Waals surface area (Å²) < 4.78 is 11.4. The van der Waals surface area contributed by atoms with E-state index in [1.54, 1.807) is 58.9 Å². The molecule has 2 aromatic heterocycles. The molecule has 0 fully saturated rings. The van der Waals surface area contributed by atoms with Gasteiger partial charge in [-0.25, -0.2) is 25.0 Å². The maximum absolute atomic E-state index is 13.0. The number of rotatable bonds is 9. The normalized spacial score (nSPS) is 10.9. The molecule has 4 N–H and O–H groups in total. The highest BCUT2D eigenvalue weighted by atomic mass is 35.5. The summed E-state index contributed by atoms with van der Waals surface area (Å²) in [4.78, 5) is 58.0. The molecule has 13 nitrogen and oxygen atoms in total. The monoisotopic (exact) mass is 585 g/mol. The Kier molecular flexibility index (Phi) is 10.3. The van der Waals surface area contributed by atoms with E-state index >= 15 is 0 Å². The van der Waals surface area contributed by atoms with Crippen LogP contribution >= 0.6 is 11.6 Å². The molecule has 0 radical (unpaired) electrons. The van der Waals surface area contributed by atoms with Crippen molar-refractivity contribution in [2.45, 2.75) is 59.9 Å². The van der Waals surface area contributed by atoms with Crippen LogP contribution in [0.4, 0.5) is 21.2 Å². The Morgan fingerprint density at radius 2 is 1.71 bits per heavy atom. The van der Waals surface area contributed by atoms with Gasteiger partial charge in [-0.1, -0.05) is 48.0 Å². The number of halogens is 1. The number of aromatic nitrogens is 3. The summed E-state index contributed by atoms with van der Waals surface area (Å²) in [7, 11) is 0. The van der Waals surface area contributed by atoms with Gasteiger partial charge in [-0.05, 0) is 51.8 Å². The van der Waals surface area contributed by atoms with Crippen molar-refractivity contribution in [3.05, 3.63) is 80.5 Å². The molecule has 0 saturated heterocycles. The molecule has 1 aromatic carbocycles. The largest absolute Gasteiger partial charge is 0.444 e. The Hall–Kier alpha value is -4.65. The second-order valence-electron chi connectivity index (χ2n) is 9.88. The van der Waals surface area contributed by atoms with Gasteiger partial charge >= 0.3 is 12.2 Å². The van der Waals surface area contributed by atoms with E-state index in [9.17, 15) is 19.2 Å². The van der Waals surface area contributed by atoms with Crippen molar-refractivity contribution in [1.29, 1.82) is 0 Å². The predicted octanol–water partition coefficient (Wildman–Crippen LogP) is 3.83. The number of aryl methyl sites for hydroxylation is 1. The third kappa shape index (κ3) is 9.49. The first-order valence-electron chi connectivity index (χ1n) is 12.5. The smallest absolute Gasteiger partial charge is 0.426 e. The molecule has 0 bridgehead atoms. The first kappa shape index (κ1) is 30.9. The lowest BCUT2D eigenvalue weighted by Crippen LogP contribution is -2.38. The molecule has 3 aromatic rings. The van der Waals surface area contributed by atoms with Crippen molar-refractivity contribution >= 4 is 41.3 Å². The van der Waals surface area contributed by atoms with Crippen molar-refractivity contribution in [3.63, 3.8) is 0 Å². The summed E-state index contributed by atoms with van der Waals surface area (Å²) in [6.07, 6.45) is -1.47. The average molecular weight is 586 g/mol. The van der Waals surface area contributed by atoms with Crippen LogP contribution in [0.15, 0.2) is 47.3 Å². The zero-order chi connectivity index (χ0) is 30.2. The van der Waals surface area contributed by atoms with E-state index in [-0.39, 0.29) is 36.4 Å². The van der Waals surface area contributed by atoms with Gasteiger partial charge in [0.1, 0.15) is 24.6 Å².